The molecule has 1 saturated heterocycles. The van der Waals surface area contributed by atoms with Gasteiger partial charge in [-0.2, -0.15) is 5.10 Å². The summed E-state index contributed by atoms with van der Waals surface area (Å²) in [6.45, 7) is 7.69. The molecular formula is C15H27N5O. The Balaban J connectivity index is 2.19. The van der Waals surface area contributed by atoms with Gasteiger partial charge in [0, 0.05) is 32.2 Å². The molecule has 0 spiro atoms. The van der Waals surface area contributed by atoms with Crippen molar-refractivity contribution in [2.45, 2.75) is 39.7 Å². The van der Waals surface area contributed by atoms with Gasteiger partial charge >= 0.3 is 0 Å². The Kier molecular flexibility index (Phi) is 5.22. The standard InChI is InChI=1S/C15H27N5O/c1-4-7-17-9-13-11(2)18-19(3)15(13)20-8-5-6-12(10-20)14(16)21/h12,17H,4-10H2,1-3H3,(H2,16,21). The minimum absolute atomic E-state index is 0.0505. The molecule has 1 atom stereocenters. The first kappa shape index (κ1) is 15.8. The van der Waals surface area contributed by atoms with E-state index in [1.807, 2.05) is 18.7 Å². The summed E-state index contributed by atoms with van der Waals surface area (Å²) >= 11 is 0. The molecule has 1 aromatic rings. The highest BCUT2D eigenvalue weighted by Crippen LogP contribution is 2.28. The van der Waals surface area contributed by atoms with Crippen molar-refractivity contribution in [3.05, 3.63) is 11.3 Å². The van der Waals surface area contributed by atoms with Crippen LogP contribution >= 0.6 is 0 Å². The molecule has 1 unspecified atom stereocenters. The Morgan fingerprint density at radius 2 is 2.29 bits per heavy atom. The number of anilines is 1. The largest absolute Gasteiger partial charge is 0.369 e. The number of piperidine rings is 1. The highest BCUT2D eigenvalue weighted by atomic mass is 16.1. The number of rotatable bonds is 6. The van der Waals surface area contributed by atoms with E-state index in [1.54, 1.807) is 0 Å². The van der Waals surface area contributed by atoms with Crippen molar-refractivity contribution >= 4 is 11.7 Å². The van der Waals surface area contributed by atoms with Gasteiger partial charge in [0.05, 0.1) is 11.6 Å². The Bertz CT molecular complexity index is 496. The van der Waals surface area contributed by atoms with Crippen LogP contribution in [-0.4, -0.2) is 35.3 Å². The molecule has 0 saturated carbocycles. The monoisotopic (exact) mass is 293 g/mol. The summed E-state index contributed by atoms with van der Waals surface area (Å²) in [7, 11) is 1.97. The van der Waals surface area contributed by atoms with Crippen LogP contribution in [0.15, 0.2) is 0 Å². The minimum Gasteiger partial charge on any atom is -0.369 e. The minimum atomic E-state index is -0.191. The number of amides is 1. The fraction of sp³-hybridized carbons (Fsp3) is 0.733. The topological polar surface area (TPSA) is 76.2 Å². The van der Waals surface area contributed by atoms with E-state index < -0.39 is 0 Å². The molecule has 1 aromatic heterocycles. The van der Waals surface area contributed by atoms with E-state index in [9.17, 15) is 4.79 Å². The highest BCUT2D eigenvalue weighted by Gasteiger charge is 2.27. The lowest BCUT2D eigenvalue weighted by Gasteiger charge is -2.33. The van der Waals surface area contributed by atoms with E-state index in [0.29, 0.717) is 6.54 Å². The summed E-state index contributed by atoms with van der Waals surface area (Å²) in [4.78, 5) is 13.7. The smallest absolute Gasteiger partial charge is 0.222 e. The van der Waals surface area contributed by atoms with Crippen molar-refractivity contribution in [1.82, 2.24) is 15.1 Å². The molecule has 21 heavy (non-hydrogen) atoms. The van der Waals surface area contributed by atoms with E-state index in [2.05, 4.69) is 22.2 Å². The number of nitrogens with two attached hydrogens (primary N) is 1. The van der Waals surface area contributed by atoms with Crippen LogP contribution in [0.1, 0.15) is 37.4 Å². The number of hydrogen-bond acceptors (Lipinski definition) is 4. The first-order valence-corrected chi connectivity index (χ1v) is 7.82. The second-order valence-electron chi connectivity index (χ2n) is 5.88. The maximum Gasteiger partial charge on any atom is 0.222 e. The quantitative estimate of drug-likeness (QED) is 0.765. The molecular weight excluding hydrogens is 266 g/mol. The molecule has 1 aliphatic rings. The number of aromatic nitrogens is 2. The molecule has 1 aliphatic heterocycles. The molecule has 2 heterocycles. The molecule has 3 N–H and O–H groups in total. The fourth-order valence-electron chi connectivity index (χ4n) is 3.08. The van der Waals surface area contributed by atoms with Gasteiger partial charge in [-0.05, 0) is 32.7 Å². The first-order valence-electron chi connectivity index (χ1n) is 7.82. The van der Waals surface area contributed by atoms with Crippen molar-refractivity contribution in [2.75, 3.05) is 24.5 Å². The van der Waals surface area contributed by atoms with Crippen LogP contribution in [0.4, 0.5) is 5.82 Å². The molecule has 0 radical (unpaired) electrons. The summed E-state index contributed by atoms with van der Waals surface area (Å²) in [5, 5.41) is 8.00. The number of carbonyl (C=O) groups is 1. The van der Waals surface area contributed by atoms with E-state index >= 15 is 0 Å². The summed E-state index contributed by atoms with van der Waals surface area (Å²) in [5.41, 5.74) is 7.77. The van der Waals surface area contributed by atoms with Gasteiger partial charge in [-0.25, -0.2) is 0 Å². The van der Waals surface area contributed by atoms with E-state index in [1.165, 1.54) is 5.56 Å². The third-order valence-corrected chi connectivity index (χ3v) is 4.17. The molecule has 0 bridgehead atoms. The summed E-state index contributed by atoms with van der Waals surface area (Å²) in [5.74, 6) is 0.886. The van der Waals surface area contributed by atoms with Crippen molar-refractivity contribution < 1.29 is 4.79 Å². The third-order valence-electron chi connectivity index (χ3n) is 4.17. The molecule has 6 heteroatoms. The zero-order chi connectivity index (χ0) is 15.4. The predicted octanol–water partition coefficient (Wildman–Crippen LogP) is 0.930. The number of nitrogens with one attached hydrogen (secondary N) is 1. The van der Waals surface area contributed by atoms with Crippen LogP contribution in [0.3, 0.4) is 0 Å². The number of nitrogens with zero attached hydrogens (tertiary/aromatic N) is 3. The van der Waals surface area contributed by atoms with Crippen molar-refractivity contribution in [3.8, 4) is 0 Å². The van der Waals surface area contributed by atoms with Crippen molar-refractivity contribution in [1.29, 1.82) is 0 Å². The zero-order valence-corrected chi connectivity index (χ0v) is 13.4. The van der Waals surface area contributed by atoms with Crippen LogP contribution in [0.5, 0.6) is 0 Å². The molecule has 1 fully saturated rings. The van der Waals surface area contributed by atoms with Crippen LogP contribution in [0.25, 0.3) is 0 Å². The Hall–Kier alpha value is -1.56. The average molecular weight is 293 g/mol. The maximum atomic E-state index is 11.5. The van der Waals surface area contributed by atoms with Crippen molar-refractivity contribution in [2.24, 2.45) is 18.7 Å². The van der Waals surface area contributed by atoms with Gasteiger partial charge in [0.15, 0.2) is 0 Å². The average Bonchev–Trinajstić information content (AvgIpc) is 2.73. The second-order valence-corrected chi connectivity index (χ2v) is 5.88. The van der Waals surface area contributed by atoms with E-state index in [-0.39, 0.29) is 11.8 Å². The van der Waals surface area contributed by atoms with Crippen molar-refractivity contribution in [3.63, 3.8) is 0 Å². The molecule has 118 valence electrons. The number of hydrogen-bond donors (Lipinski definition) is 2. The normalized spacial score (nSPS) is 19.0. The third kappa shape index (κ3) is 3.56. The molecule has 0 aromatic carbocycles. The van der Waals surface area contributed by atoms with Gasteiger partial charge in [-0.15, -0.1) is 0 Å². The van der Waals surface area contributed by atoms with E-state index in [0.717, 1.165) is 50.4 Å². The lowest BCUT2D eigenvalue weighted by atomic mass is 9.97. The van der Waals surface area contributed by atoms with Gasteiger partial charge < -0.3 is 16.0 Å². The second kappa shape index (κ2) is 6.93. The first-order chi connectivity index (χ1) is 10.0. The Morgan fingerprint density at radius 1 is 1.52 bits per heavy atom. The summed E-state index contributed by atoms with van der Waals surface area (Å²) < 4.78 is 1.93. The predicted molar refractivity (Wildman–Crippen MR) is 84.1 cm³/mol. The lowest BCUT2D eigenvalue weighted by molar-refractivity contribution is -0.122. The van der Waals surface area contributed by atoms with Gasteiger partial charge in [0.25, 0.3) is 0 Å². The zero-order valence-electron chi connectivity index (χ0n) is 13.4. The number of carbonyl (C=O) groups excluding carboxylic acids is 1. The van der Waals surface area contributed by atoms with Crippen LogP contribution < -0.4 is 16.0 Å². The number of aryl methyl sites for hydroxylation is 2. The molecule has 6 nitrogen and oxygen atoms in total. The number of primary amides is 1. The van der Waals surface area contributed by atoms with Crippen LogP contribution in [0, 0.1) is 12.8 Å². The SMILES string of the molecule is CCCNCc1c(C)nn(C)c1N1CCCC(C(N)=O)C1. The maximum absolute atomic E-state index is 11.5. The summed E-state index contributed by atoms with van der Waals surface area (Å²) in [6.07, 6.45) is 3.01. The van der Waals surface area contributed by atoms with Crippen LogP contribution in [0.2, 0.25) is 0 Å². The molecule has 2 rings (SSSR count). The van der Waals surface area contributed by atoms with Gasteiger partial charge in [-0.1, -0.05) is 6.92 Å². The Labute approximate surface area is 126 Å². The summed E-state index contributed by atoms with van der Waals surface area (Å²) in [6, 6.07) is 0. The van der Waals surface area contributed by atoms with Gasteiger partial charge in [-0.3, -0.25) is 9.48 Å². The fourth-order valence-corrected chi connectivity index (χ4v) is 3.08. The lowest BCUT2D eigenvalue weighted by Crippen LogP contribution is -2.42. The molecule has 1 amide bonds. The Morgan fingerprint density at radius 3 is 2.95 bits per heavy atom. The molecule has 0 aliphatic carbocycles. The van der Waals surface area contributed by atoms with Gasteiger partial charge in [0.1, 0.15) is 5.82 Å². The van der Waals surface area contributed by atoms with E-state index in [4.69, 9.17) is 5.73 Å². The highest BCUT2D eigenvalue weighted by molar-refractivity contribution is 5.77. The van der Waals surface area contributed by atoms with Gasteiger partial charge in [0.2, 0.25) is 5.91 Å². The van der Waals surface area contributed by atoms with Crippen LogP contribution in [-0.2, 0) is 18.4 Å².